The molecular weight excluding hydrogens is 304 g/mol. The minimum absolute atomic E-state index is 0.0173. The molecular formula is C13H16BrF2NO. The van der Waals surface area contributed by atoms with Crippen molar-refractivity contribution < 1.29 is 13.9 Å². The van der Waals surface area contributed by atoms with Crippen LogP contribution in [0.15, 0.2) is 16.6 Å². The molecule has 2 unspecified atom stereocenters. The summed E-state index contributed by atoms with van der Waals surface area (Å²) in [4.78, 5) is 0. The summed E-state index contributed by atoms with van der Waals surface area (Å²) in [7, 11) is 0. The highest BCUT2D eigenvalue weighted by Crippen LogP contribution is 2.25. The Morgan fingerprint density at radius 2 is 2.22 bits per heavy atom. The largest absolute Gasteiger partial charge is 0.392 e. The zero-order valence-electron chi connectivity index (χ0n) is 9.93. The van der Waals surface area contributed by atoms with Crippen molar-refractivity contribution in [2.24, 2.45) is 5.92 Å². The normalized spacial score (nSPS) is 21.9. The van der Waals surface area contributed by atoms with Crippen molar-refractivity contribution in [3.8, 4) is 0 Å². The molecule has 1 saturated heterocycles. The van der Waals surface area contributed by atoms with Crippen LogP contribution in [-0.2, 0) is 6.42 Å². The van der Waals surface area contributed by atoms with Gasteiger partial charge in [-0.2, -0.15) is 0 Å². The molecule has 1 aliphatic heterocycles. The highest BCUT2D eigenvalue weighted by Gasteiger charge is 2.24. The van der Waals surface area contributed by atoms with Crippen LogP contribution in [0.25, 0.3) is 0 Å². The third-order valence-electron chi connectivity index (χ3n) is 3.43. The summed E-state index contributed by atoms with van der Waals surface area (Å²) in [6.07, 6.45) is 1.19. The number of hydrogen-bond donors (Lipinski definition) is 2. The number of piperidine rings is 1. The minimum Gasteiger partial charge on any atom is -0.392 e. The van der Waals surface area contributed by atoms with Crippen molar-refractivity contribution in [1.82, 2.24) is 5.32 Å². The van der Waals surface area contributed by atoms with Crippen LogP contribution < -0.4 is 5.32 Å². The van der Waals surface area contributed by atoms with Gasteiger partial charge in [0, 0.05) is 18.5 Å². The van der Waals surface area contributed by atoms with Crippen LogP contribution in [0.1, 0.15) is 18.4 Å². The number of aliphatic hydroxyl groups excluding tert-OH is 1. The van der Waals surface area contributed by atoms with Gasteiger partial charge < -0.3 is 10.4 Å². The zero-order valence-corrected chi connectivity index (χ0v) is 11.5. The summed E-state index contributed by atoms with van der Waals surface area (Å²) < 4.78 is 27.6. The molecule has 1 fully saturated rings. The van der Waals surface area contributed by atoms with Crippen molar-refractivity contribution in [2.75, 3.05) is 13.1 Å². The Morgan fingerprint density at radius 3 is 2.89 bits per heavy atom. The first kappa shape index (κ1) is 13.9. The van der Waals surface area contributed by atoms with Gasteiger partial charge in [-0.1, -0.05) is 0 Å². The lowest BCUT2D eigenvalue weighted by molar-refractivity contribution is 0.0905. The molecule has 0 saturated carbocycles. The van der Waals surface area contributed by atoms with E-state index >= 15 is 0 Å². The van der Waals surface area contributed by atoms with Gasteiger partial charge in [-0.25, -0.2) is 8.78 Å². The summed E-state index contributed by atoms with van der Waals surface area (Å²) >= 11 is 3.03. The average molecular weight is 320 g/mol. The lowest BCUT2D eigenvalue weighted by Gasteiger charge is -2.27. The third-order valence-corrected chi connectivity index (χ3v) is 4.04. The zero-order chi connectivity index (χ0) is 13.1. The van der Waals surface area contributed by atoms with E-state index in [0.29, 0.717) is 6.54 Å². The average Bonchev–Trinajstić information content (AvgIpc) is 2.40. The standard InChI is InChI=1S/C13H16BrF2NO/c14-10-3-4-11(15)9(13(10)16)6-12(18)8-2-1-5-17-7-8/h3-4,8,12,17-18H,1-2,5-7H2. The predicted octanol–water partition coefficient (Wildman–Crippen LogP) is 2.63. The van der Waals surface area contributed by atoms with E-state index in [4.69, 9.17) is 0 Å². The summed E-state index contributed by atoms with van der Waals surface area (Å²) in [6, 6.07) is 2.55. The maximum absolute atomic E-state index is 13.8. The lowest BCUT2D eigenvalue weighted by atomic mass is 9.90. The van der Waals surface area contributed by atoms with Crippen molar-refractivity contribution in [1.29, 1.82) is 0 Å². The van der Waals surface area contributed by atoms with Crippen molar-refractivity contribution >= 4 is 15.9 Å². The number of rotatable bonds is 3. The summed E-state index contributed by atoms with van der Waals surface area (Å²) in [5.41, 5.74) is -0.0394. The first-order valence-corrected chi connectivity index (χ1v) is 6.90. The molecule has 0 radical (unpaired) electrons. The van der Waals surface area contributed by atoms with Crippen LogP contribution in [0.2, 0.25) is 0 Å². The fourth-order valence-corrected chi connectivity index (χ4v) is 2.71. The highest BCUT2D eigenvalue weighted by atomic mass is 79.9. The van der Waals surface area contributed by atoms with Crippen molar-refractivity contribution in [3.05, 3.63) is 33.8 Å². The van der Waals surface area contributed by atoms with E-state index in [1.54, 1.807) is 0 Å². The first-order chi connectivity index (χ1) is 8.59. The molecule has 100 valence electrons. The Hall–Kier alpha value is -0.520. The quantitative estimate of drug-likeness (QED) is 0.839. The number of nitrogens with one attached hydrogen (secondary N) is 1. The molecule has 18 heavy (non-hydrogen) atoms. The second-order valence-electron chi connectivity index (χ2n) is 4.70. The molecule has 2 rings (SSSR count). The van der Waals surface area contributed by atoms with E-state index in [1.807, 2.05) is 0 Å². The molecule has 1 heterocycles. The lowest BCUT2D eigenvalue weighted by Crippen LogP contribution is -2.37. The predicted molar refractivity (Wildman–Crippen MR) is 69.4 cm³/mol. The van der Waals surface area contributed by atoms with Crippen LogP contribution in [0.5, 0.6) is 0 Å². The summed E-state index contributed by atoms with van der Waals surface area (Å²) in [6.45, 7) is 1.65. The van der Waals surface area contributed by atoms with Crippen molar-refractivity contribution in [2.45, 2.75) is 25.4 Å². The smallest absolute Gasteiger partial charge is 0.143 e. The van der Waals surface area contributed by atoms with E-state index in [-0.39, 0.29) is 22.4 Å². The molecule has 2 nitrogen and oxygen atoms in total. The molecule has 5 heteroatoms. The molecule has 0 amide bonds. The van der Waals surface area contributed by atoms with Gasteiger partial charge in [0.05, 0.1) is 10.6 Å². The van der Waals surface area contributed by atoms with Crippen LogP contribution in [0, 0.1) is 17.6 Å². The topological polar surface area (TPSA) is 32.3 Å². The number of benzene rings is 1. The van der Waals surface area contributed by atoms with Gasteiger partial charge >= 0.3 is 0 Å². The Morgan fingerprint density at radius 1 is 1.44 bits per heavy atom. The number of halogens is 3. The van der Waals surface area contributed by atoms with Crippen LogP contribution in [0.4, 0.5) is 8.78 Å². The summed E-state index contributed by atoms with van der Waals surface area (Å²) in [5.74, 6) is -1.15. The van der Waals surface area contributed by atoms with E-state index in [9.17, 15) is 13.9 Å². The third kappa shape index (κ3) is 3.08. The molecule has 1 aliphatic rings. The first-order valence-electron chi connectivity index (χ1n) is 6.10. The molecule has 2 N–H and O–H groups in total. The molecule has 1 aromatic rings. The van der Waals surface area contributed by atoms with Gasteiger partial charge in [0.2, 0.25) is 0 Å². The fourth-order valence-electron chi connectivity index (χ4n) is 2.34. The van der Waals surface area contributed by atoms with E-state index < -0.39 is 17.7 Å². The van der Waals surface area contributed by atoms with Gasteiger partial charge in [0.15, 0.2) is 0 Å². The molecule has 1 aromatic carbocycles. The SMILES string of the molecule is OC(Cc1c(F)ccc(Br)c1F)C1CCCNC1. The van der Waals surface area contributed by atoms with E-state index in [1.165, 1.54) is 12.1 Å². The maximum Gasteiger partial charge on any atom is 0.143 e. The van der Waals surface area contributed by atoms with Gasteiger partial charge in [0.1, 0.15) is 11.6 Å². The van der Waals surface area contributed by atoms with Crippen LogP contribution in [-0.4, -0.2) is 24.3 Å². The number of hydrogen-bond acceptors (Lipinski definition) is 2. The van der Waals surface area contributed by atoms with Gasteiger partial charge in [0.25, 0.3) is 0 Å². The fraction of sp³-hybridized carbons (Fsp3) is 0.538. The monoisotopic (exact) mass is 319 g/mol. The Balaban J connectivity index is 2.10. The number of aliphatic hydroxyl groups is 1. The Bertz CT molecular complexity index is 422. The van der Waals surface area contributed by atoms with Gasteiger partial charge in [-0.15, -0.1) is 0 Å². The highest BCUT2D eigenvalue weighted by molar-refractivity contribution is 9.10. The molecule has 0 spiro atoms. The minimum atomic E-state index is -0.712. The Labute approximate surface area is 114 Å². The molecule has 2 atom stereocenters. The van der Waals surface area contributed by atoms with Gasteiger partial charge in [-0.3, -0.25) is 0 Å². The van der Waals surface area contributed by atoms with Crippen LogP contribution in [0.3, 0.4) is 0 Å². The molecule has 0 aromatic heterocycles. The Kier molecular flexibility index (Phi) is 4.70. The summed E-state index contributed by atoms with van der Waals surface area (Å²) in [5, 5.41) is 13.3. The molecule has 0 aliphatic carbocycles. The van der Waals surface area contributed by atoms with Gasteiger partial charge in [-0.05, 0) is 53.4 Å². The van der Waals surface area contributed by atoms with Crippen molar-refractivity contribution in [3.63, 3.8) is 0 Å². The van der Waals surface area contributed by atoms with E-state index in [2.05, 4.69) is 21.2 Å². The van der Waals surface area contributed by atoms with E-state index in [0.717, 1.165) is 19.4 Å². The second kappa shape index (κ2) is 6.08. The molecule has 0 bridgehead atoms. The second-order valence-corrected chi connectivity index (χ2v) is 5.55. The van der Waals surface area contributed by atoms with Crippen LogP contribution >= 0.6 is 15.9 Å². The maximum atomic E-state index is 13.8.